The Labute approximate surface area is 206 Å². The number of anilines is 1. The standard InChI is InChI=1S/C29H33N3O3/c33-28(31-27-15-4-3-14-26(27)29(34)30-18-24-12-7-17-35-24)23-11-6-16-32(20-23)19-22-10-5-9-21-8-1-2-13-25(21)22/h1-5,8-10,13-15,23-24H,6-7,11-12,16-20H2,(H,30,34)(H,31,33). The average Bonchev–Trinajstić information content (AvgIpc) is 3.42. The number of hydrogen-bond donors (Lipinski definition) is 2. The predicted octanol–water partition coefficient (Wildman–Crippen LogP) is 4.60. The Kier molecular flexibility index (Phi) is 7.40. The van der Waals surface area contributed by atoms with Crippen LogP contribution in [0.2, 0.25) is 0 Å². The first kappa shape index (κ1) is 23.5. The zero-order valence-electron chi connectivity index (χ0n) is 20.0. The molecule has 0 spiro atoms. The van der Waals surface area contributed by atoms with E-state index in [9.17, 15) is 9.59 Å². The van der Waals surface area contributed by atoms with E-state index in [1.807, 2.05) is 12.1 Å². The van der Waals surface area contributed by atoms with Crippen LogP contribution in [0.15, 0.2) is 66.7 Å². The van der Waals surface area contributed by atoms with E-state index in [-0.39, 0.29) is 23.8 Å². The molecule has 0 aromatic heterocycles. The van der Waals surface area contributed by atoms with E-state index in [0.29, 0.717) is 24.3 Å². The molecule has 2 atom stereocenters. The van der Waals surface area contributed by atoms with Crippen LogP contribution in [-0.2, 0) is 16.1 Å². The Morgan fingerprint density at radius 2 is 1.77 bits per heavy atom. The summed E-state index contributed by atoms with van der Waals surface area (Å²) < 4.78 is 5.60. The molecule has 3 aromatic carbocycles. The van der Waals surface area contributed by atoms with Crippen molar-refractivity contribution in [3.05, 3.63) is 77.9 Å². The molecule has 182 valence electrons. The summed E-state index contributed by atoms with van der Waals surface area (Å²) in [5.41, 5.74) is 2.34. The highest BCUT2D eigenvalue weighted by atomic mass is 16.5. The van der Waals surface area contributed by atoms with E-state index in [2.05, 4.69) is 58.0 Å². The smallest absolute Gasteiger partial charge is 0.253 e. The first-order chi connectivity index (χ1) is 17.2. The summed E-state index contributed by atoms with van der Waals surface area (Å²) in [4.78, 5) is 28.4. The molecular formula is C29H33N3O3. The third kappa shape index (κ3) is 5.72. The lowest BCUT2D eigenvalue weighted by atomic mass is 9.95. The van der Waals surface area contributed by atoms with Crippen molar-refractivity contribution in [2.24, 2.45) is 5.92 Å². The predicted molar refractivity (Wildman–Crippen MR) is 138 cm³/mol. The van der Waals surface area contributed by atoms with Gasteiger partial charge >= 0.3 is 0 Å². The lowest BCUT2D eigenvalue weighted by Gasteiger charge is -2.32. The monoisotopic (exact) mass is 471 g/mol. The number of carbonyl (C=O) groups excluding carboxylic acids is 2. The average molecular weight is 472 g/mol. The number of para-hydroxylation sites is 1. The van der Waals surface area contributed by atoms with Crippen molar-refractivity contribution in [1.29, 1.82) is 0 Å². The fourth-order valence-corrected chi connectivity index (χ4v) is 5.22. The van der Waals surface area contributed by atoms with E-state index in [1.165, 1.54) is 16.3 Å². The second-order valence-corrected chi connectivity index (χ2v) is 9.59. The summed E-state index contributed by atoms with van der Waals surface area (Å²) in [5, 5.41) is 8.51. The summed E-state index contributed by atoms with van der Waals surface area (Å²) in [5.74, 6) is -0.314. The van der Waals surface area contributed by atoms with Gasteiger partial charge in [0.15, 0.2) is 0 Å². The van der Waals surface area contributed by atoms with Crippen LogP contribution in [-0.4, -0.2) is 49.1 Å². The molecule has 3 aromatic rings. The highest BCUT2D eigenvalue weighted by Crippen LogP contribution is 2.25. The molecule has 0 aliphatic carbocycles. The third-order valence-corrected chi connectivity index (χ3v) is 7.09. The zero-order valence-corrected chi connectivity index (χ0v) is 20.0. The normalized spacial score (nSPS) is 20.6. The van der Waals surface area contributed by atoms with Crippen LogP contribution in [0, 0.1) is 5.92 Å². The number of likely N-dealkylation sites (tertiary alicyclic amines) is 1. The molecule has 6 nitrogen and oxygen atoms in total. The van der Waals surface area contributed by atoms with Crippen LogP contribution in [0.1, 0.15) is 41.6 Å². The van der Waals surface area contributed by atoms with Gasteiger partial charge in [0.05, 0.1) is 23.3 Å². The second kappa shape index (κ2) is 11.0. The topological polar surface area (TPSA) is 70.7 Å². The van der Waals surface area contributed by atoms with Crippen LogP contribution < -0.4 is 10.6 Å². The maximum Gasteiger partial charge on any atom is 0.253 e. The Hall–Kier alpha value is -3.22. The minimum Gasteiger partial charge on any atom is -0.376 e. The van der Waals surface area contributed by atoms with Crippen molar-refractivity contribution in [3.8, 4) is 0 Å². The van der Waals surface area contributed by atoms with Gasteiger partial charge < -0.3 is 15.4 Å². The third-order valence-electron chi connectivity index (χ3n) is 7.09. The molecule has 2 unspecified atom stereocenters. The zero-order chi connectivity index (χ0) is 24.0. The quantitative estimate of drug-likeness (QED) is 0.528. The van der Waals surface area contributed by atoms with Gasteiger partial charge in [-0.25, -0.2) is 0 Å². The van der Waals surface area contributed by atoms with Crippen molar-refractivity contribution < 1.29 is 14.3 Å². The van der Waals surface area contributed by atoms with E-state index >= 15 is 0 Å². The molecule has 0 saturated carbocycles. The number of benzene rings is 3. The summed E-state index contributed by atoms with van der Waals surface area (Å²) >= 11 is 0. The van der Waals surface area contributed by atoms with Crippen LogP contribution in [0.3, 0.4) is 0 Å². The Bertz CT molecular complexity index is 1180. The first-order valence-electron chi connectivity index (χ1n) is 12.7. The molecular weight excluding hydrogens is 438 g/mol. The molecule has 0 radical (unpaired) electrons. The van der Waals surface area contributed by atoms with Gasteiger partial charge in [0.25, 0.3) is 5.91 Å². The minimum absolute atomic E-state index is 0.0213. The lowest BCUT2D eigenvalue weighted by Crippen LogP contribution is -2.40. The molecule has 5 rings (SSSR count). The molecule has 2 aliphatic heterocycles. The number of fused-ring (bicyclic) bond motifs is 1. The van der Waals surface area contributed by atoms with Crippen molar-refractivity contribution in [2.75, 3.05) is 31.6 Å². The van der Waals surface area contributed by atoms with Gasteiger partial charge in [-0.3, -0.25) is 14.5 Å². The molecule has 2 heterocycles. The summed E-state index contributed by atoms with van der Waals surface area (Å²) in [7, 11) is 0. The number of nitrogens with zero attached hydrogens (tertiary/aromatic N) is 1. The van der Waals surface area contributed by atoms with Crippen LogP contribution in [0.25, 0.3) is 10.8 Å². The summed E-state index contributed by atoms with van der Waals surface area (Å²) in [6.07, 6.45) is 3.91. The van der Waals surface area contributed by atoms with Crippen molar-refractivity contribution in [1.82, 2.24) is 10.2 Å². The number of ether oxygens (including phenoxy) is 1. The number of piperidine rings is 1. The van der Waals surface area contributed by atoms with Crippen LogP contribution in [0.4, 0.5) is 5.69 Å². The largest absolute Gasteiger partial charge is 0.376 e. The Balaban J connectivity index is 1.22. The van der Waals surface area contributed by atoms with Gasteiger partial charge in [-0.15, -0.1) is 0 Å². The second-order valence-electron chi connectivity index (χ2n) is 9.59. The van der Waals surface area contributed by atoms with Crippen LogP contribution >= 0.6 is 0 Å². The fraction of sp³-hybridized carbons (Fsp3) is 0.379. The molecule has 2 amide bonds. The first-order valence-corrected chi connectivity index (χ1v) is 12.7. The molecule has 2 saturated heterocycles. The number of rotatable bonds is 7. The molecule has 0 bridgehead atoms. The summed E-state index contributed by atoms with van der Waals surface area (Å²) in [6.45, 7) is 3.77. The van der Waals surface area contributed by atoms with Crippen molar-refractivity contribution in [2.45, 2.75) is 38.3 Å². The maximum atomic E-state index is 13.2. The maximum absolute atomic E-state index is 13.2. The summed E-state index contributed by atoms with van der Waals surface area (Å²) in [6, 6.07) is 22.1. The molecule has 2 aliphatic rings. The van der Waals surface area contributed by atoms with Gasteiger partial charge in [0, 0.05) is 26.2 Å². The van der Waals surface area contributed by atoms with Gasteiger partial charge in [-0.1, -0.05) is 54.6 Å². The number of carbonyl (C=O) groups is 2. The number of amides is 2. The molecule has 35 heavy (non-hydrogen) atoms. The van der Waals surface area contributed by atoms with Gasteiger partial charge in [-0.05, 0) is 60.7 Å². The SMILES string of the molecule is O=C(NCC1CCCO1)c1ccccc1NC(=O)C1CCCN(Cc2cccc3ccccc23)C1. The Morgan fingerprint density at radius 3 is 2.66 bits per heavy atom. The van der Waals surface area contributed by atoms with Gasteiger partial charge in [-0.2, -0.15) is 0 Å². The van der Waals surface area contributed by atoms with Crippen LogP contribution in [0.5, 0.6) is 0 Å². The Morgan fingerprint density at radius 1 is 0.943 bits per heavy atom. The number of hydrogen-bond acceptors (Lipinski definition) is 4. The number of nitrogens with one attached hydrogen (secondary N) is 2. The highest BCUT2D eigenvalue weighted by Gasteiger charge is 2.27. The van der Waals surface area contributed by atoms with E-state index in [1.54, 1.807) is 12.1 Å². The van der Waals surface area contributed by atoms with E-state index in [4.69, 9.17) is 4.74 Å². The van der Waals surface area contributed by atoms with Crippen molar-refractivity contribution in [3.63, 3.8) is 0 Å². The molecule has 2 fully saturated rings. The van der Waals surface area contributed by atoms with E-state index in [0.717, 1.165) is 45.4 Å². The lowest BCUT2D eigenvalue weighted by molar-refractivity contribution is -0.121. The van der Waals surface area contributed by atoms with Gasteiger partial charge in [0.2, 0.25) is 5.91 Å². The van der Waals surface area contributed by atoms with Crippen molar-refractivity contribution >= 4 is 28.3 Å². The van der Waals surface area contributed by atoms with E-state index < -0.39 is 0 Å². The molecule has 6 heteroatoms. The molecule has 2 N–H and O–H groups in total. The van der Waals surface area contributed by atoms with Gasteiger partial charge in [0.1, 0.15) is 0 Å². The highest BCUT2D eigenvalue weighted by molar-refractivity contribution is 6.04. The minimum atomic E-state index is -0.183. The fourth-order valence-electron chi connectivity index (χ4n) is 5.22.